The number of anilines is 2. The van der Waals surface area contributed by atoms with Crippen molar-refractivity contribution in [3.05, 3.63) is 93.5 Å². The summed E-state index contributed by atoms with van der Waals surface area (Å²) in [5.74, 6) is -0.389. The number of sulfonamides is 1. The zero-order valence-electron chi connectivity index (χ0n) is 14.7. The van der Waals surface area contributed by atoms with Crippen LogP contribution in [0.15, 0.2) is 77.7 Å². The minimum absolute atomic E-state index is 0.204. The van der Waals surface area contributed by atoms with Crippen LogP contribution < -0.4 is 10.0 Å². The maximum Gasteiger partial charge on any atom is 0.270 e. The fourth-order valence-corrected chi connectivity index (χ4v) is 3.73. The molecule has 3 rings (SSSR count). The van der Waals surface area contributed by atoms with Gasteiger partial charge in [-0.15, -0.1) is 0 Å². The molecule has 0 saturated carbocycles. The van der Waals surface area contributed by atoms with Gasteiger partial charge in [0.2, 0.25) is 0 Å². The van der Waals surface area contributed by atoms with Crippen LogP contribution >= 0.6 is 11.6 Å². The van der Waals surface area contributed by atoms with E-state index in [4.69, 9.17) is 11.6 Å². The molecule has 0 aliphatic rings. The highest BCUT2D eigenvalue weighted by molar-refractivity contribution is 7.92. The van der Waals surface area contributed by atoms with E-state index in [0.29, 0.717) is 16.3 Å². The van der Waals surface area contributed by atoms with Crippen molar-refractivity contribution < 1.29 is 18.1 Å². The molecule has 3 aromatic carbocycles. The Bertz CT molecular complexity index is 1180. The van der Waals surface area contributed by atoms with Crippen LogP contribution in [0.4, 0.5) is 17.1 Å². The fraction of sp³-hybridized carbons (Fsp3) is 0. The summed E-state index contributed by atoms with van der Waals surface area (Å²) >= 11 is 5.88. The van der Waals surface area contributed by atoms with Crippen LogP contribution in [0.5, 0.6) is 0 Å². The van der Waals surface area contributed by atoms with Gasteiger partial charge in [0.25, 0.3) is 21.6 Å². The number of benzene rings is 3. The largest absolute Gasteiger partial charge is 0.322 e. The molecular formula is C19H14ClN3O5S. The van der Waals surface area contributed by atoms with Crippen molar-refractivity contribution >= 4 is 44.6 Å². The van der Waals surface area contributed by atoms with E-state index in [1.807, 2.05) is 0 Å². The second-order valence-electron chi connectivity index (χ2n) is 5.90. The molecule has 2 N–H and O–H groups in total. The van der Waals surface area contributed by atoms with E-state index in [1.54, 1.807) is 24.3 Å². The molecule has 0 aliphatic carbocycles. The number of amides is 1. The predicted octanol–water partition coefficient (Wildman–Crippen LogP) is 4.30. The molecule has 148 valence electrons. The van der Waals surface area contributed by atoms with Crippen molar-refractivity contribution in [1.82, 2.24) is 0 Å². The minimum atomic E-state index is -4.03. The number of rotatable bonds is 6. The van der Waals surface area contributed by atoms with Crippen LogP contribution in [0, 0.1) is 10.1 Å². The number of hydrogen-bond donors (Lipinski definition) is 2. The fourth-order valence-electron chi connectivity index (χ4n) is 2.44. The van der Waals surface area contributed by atoms with Gasteiger partial charge >= 0.3 is 0 Å². The SMILES string of the molecule is O=C(Nc1cccc(Cl)c1)c1ccc(NS(=O)(=O)c2cccc([N+](=O)[O-])c2)cc1. The molecule has 8 nitrogen and oxygen atoms in total. The first-order valence-corrected chi connectivity index (χ1v) is 10.0. The molecular weight excluding hydrogens is 418 g/mol. The summed E-state index contributed by atoms with van der Waals surface area (Å²) in [5, 5.41) is 14.0. The second kappa shape index (κ2) is 8.29. The summed E-state index contributed by atoms with van der Waals surface area (Å²) in [6.07, 6.45) is 0. The molecule has 0 aromatic heterocycles. The van der Waals surface area contributed by atoms with E-state index < -0.39 is 14.9 Å². The van der Waals surface area contributed by atoms with Crippen molar-refractivity contribution in [3.8, 4) is 0 Å². The van der Waals surface area contributed by atoms with Crippen LogP contribution in [0.1, 0.15) is 10.4 Å². The van der Waals surface area contributed by atoms with Gasteiger partial charge in [0, 0.05) is 34.1 Å². The van der Waals surface area contributed by atoms with Crippen LogP contribution in [-0.4, -0.2) is 19.2 Å². The van der Waals surface area contributed by atoms with Crippen LogP contribution in [0.25, 0.3) is 0 Å². The van der Waals surface area contributed by atoms with Crippen molar-refractivity contribution in [2.75, 3.05) is 10.0 Å². The van der Waals surface area contributed by atoms with Gasteiger partial charge < -0.3 is 5.32 Å². The number of nitrogens with zero attached hydrogens (tertiary/aromatic N) is 1. The Labute approximate surface area is 171 Å². The summed E-state index contributed by atoms with van der Waals surface area (Å²) in [5.41, 5.74) is 0.706. The van der Waals surface area contributed by atoms with Crippen molar-refractivity contribution in [1.29, 1.82) is 0 Å². The number of nitrogens with one attached hydrogen (secondary N) is 2. The summed E-state index contributed by atoms with van der Waals surface area (Å²) < 4.78 is 27.2. The van der Waals surface area contributed by atoms with Crippen molar-refractivity contribution in [2.24, 2.45) is 0 Å². The third-order valence-corrected chi connectivity index (χ3v) is 5.43. The minimum Gasteiger partial charge on any atom is -0.322 e. The Hall–Kier alpha value is -3.43. The normalized spacial score (nSPS) is 10.9. The summed E-state index contributed by atoms with van der Waals surface area (Å²) in [6, 6.07) is 17.1. The van der Waals surface area contributed by atoms with Gasteiger partial charge in [0.15, 0.2) is 0 Å². The standard InChI is InChI=1S/C19H14ClN3O5S/c20-14-3-1-4-16(11-14)21-19(24)13-7-9-15(10-8-13)22-29(27,28)18-6-2-5-17(12-18)23(25)26/h1-12,22H,(H,21,24). The number of nitro groups is 1. The smallest absolute Gasteiger partial charge is 0.270 e. The second-order valence-corrected chi connectivity index (χ2v) is 8.02. The number of carbonyl (C=O) groups excluding carboxylic acids is 1. The monoisotopic (exact) mass is 431 g/mol. The molecule has 1 amide bonds. The molecule has 0 bridgehead atoms. The number of hydrogen-bond acceptors (Lipinski definition) is 5. The molecule has 0 unspecified atom stereocenters. The molecule has 0 radical (unpaired) electrons. The number of carbonyl (C=O) groups is 1. The average molecular weight is 432 g/mol. The molecule has 0 atom stereocenters. The lowest BCUT2D eigenvalue weighted by molar-refractivity contribution is -0.385. The van der Waals surface area contributed by atoms with Crippen LogP contribution in [0.2, 0.25) is 5.02 Å². The topological polar surface area (TPSA) is 118 Å². The molecule has 0 saturated heterocycles. The first-order chi connectivity index (χ1) is 13.7. The molecule has 0 spiro atoms. The third kappa shape index (κ3) is 5.09. The van der Waals surface area contributed by atoms with Gasteiger partial charge in [0.05, 0.1) is 9.82 Å². The Morgan fingerprint density at radius 1 is 0.931 bits per heavy atom. The lowest BCUT2D eigenvalue weighted by Crippen LogP contribution is -2.14. The van der Waals surface area contributed by atoms with E-state index in [1.165, 1.54) is 42.5 Å². The zero-order valence-corrected chi connectivity index (χ0v) is 16.3. The average Bonchev–Trinajstić information content (AvgIpc) is 2.68. The lowest BCUT2D eigenvalue weighted by atomic mass is 10.2. The highest BCUT2D eigenvalue weighted by atomic mass is 35.5. The Balaban J connectivity index is 1.73. The maximum absolute atomic E-state index is 12.4. The van der Waals surface area contributed by atoms with Gasteiger partial charge in [-0.05, 0) is 48.5 Å². The maximum atomic E-state index is 12.4. The third-order valence-electron chi connectivity index (χ3n) is 3.82. The molecule has 0 heterocycles. The van der Waals surface area contributed by atoms with E-state index in [0.717, 1.165) is 6.07 Å². The van der Waals surface area contributed by atoms with E-state index in [-0.39, 0.29) is 22.2 Å². The Kier molecular flexibility index (Phi) is 5.81. The Morgan fingerprint density at radius 2 is 1.62 bits per heavy atom. The van der Waals surface area contributed by atoms with Crippen molar-refractivity contribution in [2.45, 2.75) is 4.90 Å². The van der Waals surface area contributed by atoms with Gasteiger partial charge in [0.1, 0.15) is 0 Å². The summed E-state index contributed by atoms with van der Waals surface area (Å²) in [7, 11) is -4.03. The molecule has 10 heteroatoms. The van der Waals surface area contributed by atoms with Gasteiger partial charge in [-0.25, -0.2) is 8.42 Å². The van der Waals surface area contributed by atoms with E-state index in [2.05, 4.69) is 10.0 Å². The molecule has 3 aromatic rings. The predicted molar refractivity (Wildman–Crippen MR) is 110 cm³/mol. The molecule has 0 aliphatic heterocycles. The van der Waals surface area contributed by atoms with E-state index in [9.17, 15) is 23.3 Å². The Morgan fingerprint density at radius 3 is 2.28 bits per heavy atom. The number of halogens is 1. The van der Waals surface area contributed by atoms with Crippen molar-refractivity contribution in [3.63, 3.8) is 0 Å². The first kappa shape index (κ1) is 20.3. The van der Waals surface area contributed by atoms with Gasteiger partial charge in [-0.3, -0.25) is 19.6 Å². The first-order valence-electron chi connectivity index (χ1n) is 8.19. The molecule has 0 fully saturated rings. The molecule has 29 heavy (non-hydrogen) atoms. The quantitative estimate of drug-likeness (QED) is 0.445. The number of non-ortho nitro benzene ring substituents is 1. The summed E-state index contributed by atoms with van der Waals surface area (Å²) in [6.45, 7) is 0. The highest BCUT2D eigenvalue weighted by Gasteiger charge is 2.18. The highest BCUT2D eigenvalue weighted by Crippen LogP contribution is 2.21. The lowest BCUT2D eigenvalue weighted by Gasteiger charge is -2.09. The van der Waals surface area contributed by atoms with Gasteiger partial charge in [-0.2, -0.15) is 0 Å². The van der Waals surface area contributed by atoms with Crippen LogP contribution in [0.3, 0.4) is 0 Å². The number of nitro benzene ring substituents is 1. The summed E-state index contributed by atoms with van der Waals surface area (Å²) in [4.78, 5) is 22.2. The van der Waals surface area contributed by atoms with E-state index >= 15 is 0 Å². The van der Waals surface area contributed by atoms with Gasteiger partial charge in [-0.1, -0.05) is 23.7 Å². The van der Waals surface area contributed by atoms with Crippen LogP contribution in [-0.2, 0) is 10.0 Å². The zero-order chi connectivity index (χ0) is 21.0.